The quantitative estimate of drug-likeness (QED) is 0.109. The van der Waals surface area contributed by atoms with Crippen molar-refractivity contribution in [1.82, 2.24) is 0 Å². The zero-order valence-electron chi connectivity index (χ0n) is 29.9. The Labute approximate surface area is 285 Å². The van der Waals surface area contributed by atoms with E-state index >= 15 is 0 Å². The van der Waals surface area contributed by atoms with Crippen molar-refractivity contribution in [2.45, 2.75) is 176 Å². The first-order valence-corrected chi connectivity index (χ1v) is 32.0. The van der Waals surface area contributed by atoms with E-state index in [1.807, 2.05) is 0 Å². The van der Waals surface area contributed by atoms with Gasteiger partial charge in [0.05, 0.1) is 0 Å². The minimum absolute atomic E-state index is 0.0858. The molecule has 4 aliphatic rings. The van der Waals surface area contributed by atoms with Crippen LogP contribution in [0.25, 0.3) is 0 Å². The average Bonchev–Trinajstić information content (AvgIpc) is 3.09. The van der Waals surface area contributed by atoms with Crippen molar-refractivity contribution >= 4 is 45.0 Å². The van der Waals surface area contributed by atoms with Gasteiger partial charge >= 0.3 is 287 Å². The molecule has 0 saturated heterocycles. The van der Waals surface area contributed by atoms with Crippen LogP contribution in [0.4, 0.5) is 0 Å². The van der Waals surface area contributed by atoms with Gasteiger partial charge in [-0.25, -0.2) is 0 Å². The summed E-state index contributed by atoms with van der Waals surface area (Å²) in [7, 11) is 0. The van der Waals surface area contributed by atoms with E-state index in [9.17, 15) is 19.2 Å². The molecule has 4 aliphatic carbocycles. The van der Waals surface area contributed by atoms with Crippen LogP contribution >= 0.6 is 0 Å². The van der Waals surface area contributed by atoms with E-state index in [0.29, 0.717) is 18.5 Å². The SMILES string of the molecule is [CH3][Ge]([CH3])([C](=O)C1CCCCC1)[C](=O)C1CCC(OCCCCCCOC2CCC([C](=O)[Ge]([CH3])([CH3])[C](=O)C3CCCCC3)CC2)CC1. The molecule has 0 spiro atoms. The molecule has 0 aromatic heterocycles. The Bertz CT molecular complexity index is 917. The average molecular weight is 764 g/mol. The van der Waals surface area contributed by atoms with Crippen LogP contribution < -0.4 is 0 Å². The fourth-order valence-electron chi connectivity index (χ4n) is 9.05. The molecule has 6 nitrogen and oxygen atoms in total. The Kier molecular flexibility index (Phi) is 15.6. The molecule has 0 amide bonds. The molecule has 0 heterocycles. The van der Waals surface area contributed by atoms with Crippen molar-refractivity contribution in [3.63, 3.8) is 0 Å². The second-order valence-corrected chi connectivity index (χ2v) is 34.3. The van der Waals surface area contributed by atoms with Gasteiger partial charge in [0, 0.05) is 0 Å². The van der Waals surface area contributed by atoms with Crippen LogP contribution in [-0.2, 0) is 28.7 Å². The first kappa shape index (κ1) is 38.5. The van der Waals surface area contributed by atoms with Gasteiger partial charge in [-0.2, -0.15) is 0 Å². The van der Waals surface area contributed by atoms with E-state index in [-0.39, 0.29) is 35.9 Å². The van der Waals surface area contributed by atoms with Crippen molar-refractivity contribution in [1.29, 1.82) is 0 Å². The molecular formula is C38H66Ge2O6. The van der Waals surface area contributed by atoms with Crippen LogP contribution in [0.2, 0.25) is 23.0 Å². The number of hydrogen-bond acceptors (Lipinski definition) is 6. The first-order chi connectivity index (χ1) is 22.0. The molecule has 0 radical (unpaired) electrons. The molecule has 0 atom stereocenters. The third-order valence-corrected chi connectivity index (χ3v) is 26.0. The monoisotopic (exact) mass is 766 g/mol. The maximum absolute atomic E-state index is 13.4. The molecule has 46 heavy (non-hydrogen) atoms. The van der Waals surface area contributed by atoms with Crippen LogP contribution in [0.3, 0.4) is 0 Å². The number of carbonyl (C=O) groups excluding carboxylic acids is 4. The normalized spacial score (nSPS) is 27.3. The van der Waals surface area contributed by atoms with Crippen molar-refractivity contribution < 1.29 is 28.7 Å². The summed E-state index contributed by atoms with van der Waals surface area (Å²) in [5.41, 5.74) is 0. The van der Waals surface area contributed by atoms with Crippen molar-refractivity contribution in [3.05, 3.63) is 0 Å². The van der Waals surface area contributed by atoms with Crippen molar-refractivity contribution in [3.8, 4) is 0 Å². The van der Waals surface area contributed by atoms with E-state index < -0.39 is 26.5 Å². The number of unbranched alkanes of at least 4 members (excludes halogenated alkanes) is 3. The summed E-state index contributed by atoms with van der Waals surface area (Å²) in [6, 6.07) is 0. The molecule has 8 heteroatoms. The van der Waals surface area contributed by atoms with Gasteiger partial charge in [0.2, 0.25) is 0 Å². The molecule has 0 aromatic carbocycles. The van der Waals surface area contributed by atoms with E-state index in [1.165, 1.54) is 12.8 Å². The molecule has 0 bridgehead atoms. The third kappa shape index (κ3) is 10.6. The van der Waals surface area contributed by atoms with Gasteiger partial charge in [0.15, 0.2) is 0 Å². The van der Waals surface area contributed by atoms with Gasteiger partial charge in [-0.05, 0) is 0 Å². The number of hydrogen-bond donors (Lipinski definition) is 0. The molecule has 4 saturated carbocycles. The Balaban J connectivity index is 1.01. The molecule has 0 aromatic rings. The van der Waals surface area contributed by atoms with Crippen molar-refractivity contribution in [2.24, 2.45) is 23.7 Å². The molecule has 4 rings (SSSR count). The number of ether oxygens (including phenoxy) is 2. The Morgan fingerprint density at radius 1 is 0.413 bits per heavy atom. The summed E-state index contributed by atoms with van der Waals surface area (Å²) >= 11 is -6.27. The van der Waals surface area contributed by atoms with Gasteiger partial charge in [-0.3, -0.25) is 0 Å². The minimum atomic E-state index is -3.13. The van der Waals surface area contributed by atoms with Crippen LogP contribution in [0.1, 0.15) is 141 Å². The van der Waals surface area contributed by atoms with Gasteiger partial charge < -0.3 is 0 Å². The summed E-state index contributed by atoms with van der Waals surface area (Å²) in [6.45, 7) is 1.57. The standard InChI is InChI=1S/C38H66Ge2O6/c1-39(2,35(41)29-15-9-7-10-16-29)37(43)31-19-23-33(24-20-31)45-27-13-5-6-14-28-46-34-25-21-32(22-26-34)38(44)40(3,4)36(42)30-17-11-8-12-18-30/h29-34H,5-28H2,1-4H3. The van der Waals surface area contributed by atoms with Gasteiger partial charge in [-0.1, -0.05) is 0 Å². The number of carbonyl (C=O) groups is 4. The van der Waals surface area contributed by atoms with E-state index in [0.717, 1.165) is 142 Å². The zero-order valence-corrected chi connectivity index (χ0v) is 34.1. The molecule has 0 aliphatic heterocycles. The van der Waals surface area contributed by atoms with E-state index in [4.69, 9.17) is 9.47 Å². The fourth-order valence-corrected chi connectivity index (χ4v) is 21.1. The predicted octanol–water partition coefficient (Wildman–Crippen LogP) is 8.71. The van der Waals surface area contributed by atoms with Crippen LogP contribution in [-0.4, -0.2) is 70.4 Å². The number of rotatable bonds is 17. The van der Waals surface area contributed by atoms with Crippen LogP contribution in [0.15, 0.2) is 0 Å². The summed E-state index contributed by atoms with van der Waals surface area (Å²) in [5, 5.41) is 0. The molecule has 262 valence electrons. The van der Waals surface area contributed by atoms with Gasteiger partial charge in [0.25, 0.3) is 0 Å². The molecule has 4 fully saturated rings. The molecule has 0 unspecified atom stereocenters. The molecule has 0 N–H and O–H groups in total. The second-order valence-electron chi connectivity index (χ2n) is 16.5. The van der Waals surface area contributed by atoms with E-state index in [1.54, 1.807) is 0 Å². The third-order valence-electron chi connectivity index (χ3n) is 12.3. The summed E-state index contributed by atoms with van der Waals surface area (Å²) in [5.74, 6) is 8.75. The Hall–Kier alpha value is -0.314. The first-order valence-electron chi connectivity index (χ1n) is 19.4. The summed E-state index contributed by atoms with van der Waals surface area (Å²) in [4.78, 5) is 53.4. The Morgan fingerprint density at radius 3 is 1.00 bits per heavy atom. The van der Waals surface area contributed by atoms with Gasteiger partial charge in [0.1, 0.15) is 0 Å². The second kappa shape index (κ2) is 18.6. The Morgan fingerprint density at radius 2 is 0.696 bits per heavy atom. The fraction of sp³-hybridized carbons (Fsp3) is 0.895. The topological polar surface area (TPSA) is 86.7 Å². The summed E-state index contributed by atoms with van der Waals surface area (Å²) in [6.07, 6.45) is 23.4. The maximum atomic E-state index is 13.4. The van der Waals surface area contributed by atoms with Crippen LogP contribution in [0.5, 0.6) is 0 Å². The van der Waals surface area contributed by atoms with E-state index in [2.05, 4.69) is 23.0 Å². The predicted molar refractivity (Wildman–Crippen MR) is 190 cm³/mol. The molecular weight excluding hydrogens is 698 g/mol. The van der Waals surface area contributed by atoms with Crippen molar-refractivity contribution in [2.75, 3.05) is 13.2 Å². The summed E-state index contributed by atoms with van der Waals surface area (Å²) < 4.78 is 13.9. The van der Waals surface area contributed by atoms with Gasteiger partial charge in [-0.15, -0.1) is 0 Å². The van der Waals surface area contributed by atoms with Crippen LogP contribution in [0, 0.1) is 23.7 Å². The zero-order chi connectivity index (χ0) is 33.2.